The van der Waals surface area contributed by atoms with Crippen LogP contribution in [0.1, 0.15) is 39.0 Å². The van der Waals surface area contributed by atoms with E-state index in [4.69, 9.17) is 4.74 Å². The summed E-state index contributed by atoms with van der Waals surface area (Å²) in [5.74, 6) is 1.17. The van der Waals surface area contributed by atoms with E-state index in [0.717, 1.165) is 12.2 Å². The Kier molecular flexibility index (Phi) is 8.02. The van der Waals surface area contributed by atoms with E-state index in [0.29, 0.717) is 44.5 Å². The van der Waals surface area contributed by atoms with E-state index in [1.165, 1.54) is 19.3 Å². The molecule has 2 atom stereocenters. The van der Waals surface area contributed by atoms with E-state index in [1.807, 2.05) is 11.8 Å². The van der Waals surface area contributed by atoms with Gasteiger partial charge >= 0.3 is 6.03 Å². The first kappa shape index (κ1) is 18.4. The van der Waals surface area contributed by atoms with Crippen molar-refractivity contribution in [3.8, 4) is 0 Å². The smallest absolute Gasteiger partial charge is 0.315 e. The fourth-order valence-corrected chi connectivity index (χ4v) is 4.35. The second-order valence-corrected chi connectivity index (χ2v) is 7.54. The summed E-state index contributed by atoms with van der Waals surface area (Å²) in [5, 5.41) is 6.44. The second kappa shape index (κ2) is 10.0. The van der Waals surface area contributed by atoms with E-state index >= 15 is 0 Å². The van der Waals surface area contributed by atoms with Crippen molar-refractivity contribution in [1.29, 1.82) is 0 Å². The lowest BCUT2D eigenvalue weighted by molar-refractivity contribution is -0.135. The lowest BCUT2D eigenvalue weighted by atomic mass is 9.95. The van der Waals surface area contributed by atoms with Crippen molar-refractivity contribution >= 4 is 23.7 Å². The highest BCUT2D eigenvalue weighted by Gasteiger charge is 2.26. The van der Waals surface area contributed by atoms with Gasteiger partial charge in [0.15, 0.2) is 0 Å². The fraction of sp³-hybridized carbons (Fsp3) is 0.875. The lowest BCUT2D eigenvalue weighted by Gasteiger charge is -2.31. The molecule has 2 fully saturated rings. The lowest BCUT2D eigenvalue weighted by Crippen LogP contribution is -2.49. The van der Waals surface area contributed by atoms with Crippen molar-refractivity contribution in [3.63, 3.8) is 0 Å². The van der Waals surface area contributed by atoms with E-state index in [1.54, 1.807) is 4.90 Å². The quantitative estimate of drug-likeness (QED) is 0.768. The molecule has 0 radical (unpaired) electrons. The van der Waals surface area contributed by atoms with Gasteiger partial charge in [0, 0.05) is 37.3 Å². The minimum atomic E-state index is -0.145. The summed E-state index contributed by atoms with van der Waals surface area (Å²) in [4.78, 5) is 25.8. The molecule has 1 saturated carbocycles. The number of ether oxygens (including phenoxy) is 1. The second-order valence-electron chi connectivity index (χ2n) is 6.03. The maximum Gasteiger partial charge on any atom is 0.315 e. The molecule has 7 heteroatoms. The SMILES string of the molecule is CCS[C@H]1CCCC[C@H]1NC(=O)NCCC(=O)N1CCOCC1. The fourth-order valence-electron chi connectivity index (χ4n) is 3.15. The van der Waals surface area contributed by atoms with Crippen molar-refractivity contribution in [2.24, 2.45) is 0 Å². The van der Waals surface area contributed by atoms with Crippen LogP contribution in [0.25, 0.3) is 0 Å². The van der Waals surface area contributed by atoms with Gasteiger partial charge in [-0.15, -0.1) is 0 Å². The Morgan fingerprint density at radius 1 is 1.22 bits per heavy atom. The zero-order valence-electron chi connectivity index (χ0n) is 14.0. The topological polar surface area (TPSA) is 70.7 Å². The highest BCUT2D eigenvalue weighted by molar-refractivity contribution is 7.99. The Hall–Kier alpha value is -0.950. The molecule has 0 aromatic rings. The molecule has 0 aromatic heterocycles. The van der Waals surface area contributed by atoms with Crippen LogP contribution in [0.3, 0.4) is 0 Å². The Balaban J connectivity index is 1.64. The Morgan fingerprint density at radius 2 is 1.96 bits per heavy atom. The summed E-state index contributed by atoms with van der Waals surface area (Å²) < 4.78 is 5.23. The zero-order chi connectivity index (χ0) is 16.5. The van der Waals surface area contributed by atoms with Crippen LogP contribution in [0.15, 0.2) is 0 Å². The van der Waals surface area contributed by atoms with Crippen molar-refractivity contribution in [1.82, 2.24) is 15.5 Å². The summed E-state index contributed by atoms with van der Waals surface area (Å²) in [7, 11) is 0. The maximum atomic E-state index is 12.0. The van der Waals surface area contributed by atoms with Crippen LogP contribution in [0.4, 0.5) is 4.79 Å². The molecule has 2 N–H and O–H groups in total. The third-order valence-corrected chi connectivity index (χ3v) is 5.71. The third kappa shape index (κ3) is 6.22. The molecule has 23 heavy (non-hydrogen) atoms. The number of rotatable bonds is 6. The third-order valence-electron chi connectivity index (χ3n) is 4.39. The molecule has 0 aromatic carbocycles. The van der Waals surface area contributed by atoms with Crippen molar-refractivity contribution in [3.05, 3.63) is 0 Å². The molecular weight excluding hydrogens is 314 g/mol. The van der Waals surface area contributed by atoms with E-state index < -0.39 is 0 Å². The summed E-state index contributed by atoms with van der Waals surface area (Å²) in [5.41, 5.74) is 0. The molecule has 0 spiro atoms. The predicted octanol–water partition coefficient (Wildman–Crippen LogP) is 1.60. The number of thioether (sulfide) groups is 1. The van der Waals surface area contributed by atoms with Gasteiger partial charge in [0.1, 0.15) is 0 Å². The van der Waals surface area contributed by atoms with Gasteiger partial charge in [-0.1, -0.05) is 19.8 Å². The van der Waals surface area contributed by atoms with E-state index in [-0.39, 0.29) is 18.0 Å². The number of hydrogen-bond donors (Lipinski definition) is 2. The number of hydrogen-bond acceptors (Lipinski definition) is 4. The van der Waals surface area contributed by atoms with Gasteiger partial charge < -0.3 is 20.3 Å². The number of carbonyl (C=O) groups excluding carboxylic acids is 2. The van der Waals surface area contributed by atoms with Crippen LogP contribution in [0, 0.1) is 0 Å². The monoisotopic (exact) mass is 343 g/mol. The van der Waals surface area contributed by atoms with Crippen molar-refractivity contribution < 1.29 is 14.3 Å². The number of nitrogens with zero attached hydrogens (tertiary/aromatic N) is 1. The molecule has 0 unspecified atom stereocenters. The Labute approximate surface area is 143 Å². The van der Waals surface area contributed by atoms with Crippen LogP contribution in [-0.2, 0) is 9.53 Å². The van der Waals surface area contributed by atoms with Crippen LogP contribution in [0.2, 0.25) is 0 Å². The average Bonchev–Trinajstić information content (AvgIpc) is 2.57. The summed E-state index contributed by atoms with van der Waals surface area (Å²) in [6, 6.07) is 0.108. The minimum absolute atomic E-state index is 0.0886. The van der Waals surface area contributed by atoms with Crippen LogP contribution in [0.5, 0.6) is 0 Å². The standard InChI is InChI=1S/C16H29N3O3S/c1-2-23-14-6-4-3-5-13(14)18-16(21)17-8-7-15(20)19-9-11-22-12-10-19/h13-14H,2-12H2,1H3,(H2,17,18,21)/t13-,14+/m1/s1. The van der Waals surface area contributed by atoms with Crippen LogP contribution >= 0.6 is 11.8 Å². The number of nitrogens with one attached hydrogen (secondary N) is 2. The summed E-state index contributed by atoms with van der Waals surface area (Å²) in [6.07, 6.45) is 5.02. The molecule has 2 rings (SSSR count). The molecule has 1 aliphatic heterocycles. The molecule has 3 amide bonds. The molecule has 1 saturated heterocycles. The number of morpholine rings is 1. The maximum absolute atomic E-state index is 12.0. The molecule has 1 aliphatic carbocycles. The zero-order valence-corrected chi connectivity index (χ0v) is 14.8. The van der Waals surface area contributed by atoms with Gasteiger partial charge in [0.2, 0.25) is 5.91 Å². The highest BCUT2D eigenvalue weighted by atomic mass is 32.2. The number of urea groups is 1. The van der Waals surface area contributed by atoms with Gasteiger partial charge in [0.05, 0.1) is 13.2 Å². The first-order chi connectivity index (χ1) is 11.2. The summed E-state index contributed by atoms with van der Waals surface area (Å²) >= 11 is 1.93. The first-order valence-corrected chi connectivity index (χ1v) is 9.77. The van der Waals surface area contributed by atoms with Gasteiger partial charge in [-0.25, -0.2) is 4.79 Å². The van der Waals surface area contributed by atoms with Gasteiger partial charge in [0.25, 0.3) is 0 Å². The summed E-state index contributed by atoms with van der Waals surface area (Å²) in [6.45, 7) is 5.08. The molecular formula is C16H29N3O3S. The highest BCUT2D eigenvalue weighted by Crippen LogP contribution is 2.28. The normalized spacial score (nSPS) is 25.0. The van der Waals surface area contributed by atoms with E-state index in [2.05, 4.69) is 17.6 Å². The molecule has 1 heterocycles. The first-order valence-electron chi connectivity index (χ1n) is 8.72. The number of carbonyl (C=O) groups is 2. The number of amides is 3. The molecule has 132 valence electrons. The molecule has 2 aliphatic rings. The van der Waals surface area contributed by atoms with Crippen molar-refractivity contribution in [2.45, 2.75) is 50.3 Å². The van der Waals surface area contributed by atoms with Crippen molar-refractivity contribution in [2.75, 3.05) is 38.6 Å². The van der Waals surface area contributed by atoms with Crippen LogP contribution in [-0.4, -0.2) is 66.7 Å². The Bertz CT molecular complexity index is 387. The van der Waals surface area contributed by atoms with Gasteiger partial charge in [-0.2, -0.15) is 11.8 Å². The van der Waals surface area contributed by atoms with Gasteiger partial charge in [-0.05, 0) is 18.6 Å². The average molecular weight is 343 g/mol. The van der Waals surface area contributed by atoms with Crippen LogP contribution < -0.4 is 10.6 Å². The molecule has 0 bridgehead atoms. The predicted molar refractivity (Wildman–Crippen MR) is 92.7 cm³/mol. The van der Waals surface area contributed by atoms with Gasteiger partial charge in [-0.3, -0.25) is 4.79 Å². The minimum Gasteiger partial charge on any atom is -0.378 e. The molecule has 6 nitrogen and oxygen atoms in total. The Morgan fingerprint density at radius 3 is 2.70 bits per heavy atom. The largest absolute Gasteiger partial charge is 0.378 e. The van der Waals surface area contributed by atoms with E-state index in [9.17, 15) is 9.59 Å².